The molecule has 0 radical (unpaired) electrons. The Labute approximate surface area is 112 Å². The highest BCUT2D eigenvalue weighted by molar-refractivity contribution is 5.87. The highest BCUT2D eigenvalue weighted by atomic mass is 16.5. The van der Waals surface area contributed by atoms with E-state index in [2.05, 4.69) is 0 Å². The summed E-state index contributed by atoms with van der Waals surface area (Å²) >= 11 is 0. The summed E-state index contributed by atoms with van der Waals surface area (Å²) in [6.45, 7) is 2.09. The van der Waals surface area contributed by atoms with Crippen molar-refractivity contribution in [3.8, 4) is 0 Å². The number of aliphatic carboxylic acids is 1. The lowest BCUT2D eigenvalue weighted by molar-refractivity contribution is -0.153. The summed E-state index contributed by atoms with van der Waals surface area (Å²) in [7, 11) is 0. The van der Waals surface area contributed by atoms with Crippen LogP contribution < -0.4 is 0 Å². The maximum Gasteiger partial charge on any atom is 0.326 e. The van der Waals surface area contributed by atoms with Crippen LogP contribution in [-0.4, -0.2) is 47.7 Å². The quantitative estimate of drug-likeness (QED) is 0.818. The molecule has 5 nitrogen and oxygen atoms in total. The Morgan fingerprint density at radius 2 is 1.95 bits per heavy atom. The molecule has 19 heavy (non-hydrogen) atoms. The van der Waals surface area contributed by atoms with Crippen molar-refractivity contribution >= 4 is 11.9 Å². The predicted octanol–water partition coefficient (Wildman–Crippen LogP) is 1.27. The van der Waals surface area contributed by atoms with Crippen molar-refractivity contribution in [2.45, 2.75) is 44.6 Å². The van der Waals surface area contributed by atoms with Gasteiger partial charge in [-0.25, -0.2) is 4.79 Å². The maximum atomic E-state index is 12.6. The molecule has 0 aromatic rings. The largest absolute Gasteiger partial charge is 0.480 e. The van der Waals surface area contributed by atoms with Crippen molar-refractivity contribution in [1.82, 2.24) is 4.90 Å². The van der Waals surface area contributed by atoms with Gasteiger partial charge in [-0.05, 0) is 43.9 Å². The van der Waals surface area contributed by atoms with E-state index < -0.39 is 12.0 Å². The fraction of sp³-hybridized carbons (Fsp3) is 0.857. The summed E-state index contributed by atoms with van der Waals surface area (Å²) in [5, 5.41) is 9.25. The molecule has 1 amide bonds. The van der Waals surface area contributed by atoms with Crippen LogP contribution in [0.5, 0.6) is 0 Å². The van der Waals surface area contributed by atoms with E-state index in [0.29, 0.717) is 13.0 Å². The van der Waals surface area contributed by atoms with Crippen LogP contribution in [0.15, 0.2) is 0 Å². The van der Waals surface area contributed by atoms with Crippen LogP contribution in [0.1, 0.15) is 38.5 Å². The lowest BCUT2D eigenvalue weighted by Gasteiger charge is -2.34. The van der Waals surface area contributed by atoms with Crippen LogP contribution in [0.25, 0.3) is 0 Å². The molecule has 0 unspecified atom stereocenters. The molecule has 0 bridgehead atoms. The standard InChI is InChI=1S/C14H21NO4/c16-12(10-9-14(10)4-7-19-8-5-14)15-6-2-1-3-11(15)13(17)18/h10-11H,1-9H2,(H,17,18)/t10-,11-/m0/s1. The van der Waals surface area contributed by atoms with Crippen molar-refractivity contribution in [1.29, 1.82) is 0 Å². The van der Waals surface area contributed by atoms with Crippen LogP contribution in [0.4, 0.5) is 0 Å². The summed E-state index contributed by atoms with van der Waals surface area (Å²) in [6, 6.07) is -0.598. The first-order chi connectivity index (χ1) is 9.14. The second kappa shape index (κ2) is 4.78. The fourth-order valence-corrected chi connectivity index (χ4v) is 3.68. The smallest absolute Gasteiger partial charge is 0.326 e. The minimum absolute atomic E-state index is 0.0522. The molecule has 1 saturated carbocycles. The number of amides is 1. The minimum atomic E-state index is -0.852. The molecule has 1 spiro atoms. The lowest BCUT2D eigenvalue weighted by atomic mass is 9.92. The Hall–Kier alpha value is -1.10. The zero-order valence-corrected chi connectivity index (χ0v) is 11.1. The molecular weight excluding hydrogens is 246 g/mol. The molecule has 106 valence electrons. The Balaban J connectivity index is 1.68. The van der Waals surface area contributed by atoms with Gasteiger partial charge in [0, 0.05) is 25.7 Å². The van der Waals surface area contributed by atoms with Gasteiger partial charge in [-0.1, -0.05) is 0 Å². The van der Waals surface area contributed by atoms with Crippen LogP contribution in [0.3, 0.4) is 0 Å². The molecule has 1 N–H and O–H groups in total. The van der Waals surface area contributed by atoms with Gasteiger partial charge in [0.2, 0.25) is 5.91 Å². The van der Waals surface area contributed by atoms with E-state index in [1.54, 1.807) is 4.90 Å². The summed E-state index contributed by atoms with van der Waals surface area (Å²) in [6.07, 6.45) is 5.27. The molecule has 2 heterocycles. The van der Waals surface area contributed by atoms with Gasteiger partial charge in [0.1, 0.15) is 6.04 Å². The van der Waals surface area contributed by atoms with Gasteiger partial charge in [-0.15, -0.1) is 0 Å². The Morgan fingerprint density at radius 1 is 1.21 bits per heavy atom. The van der Waals surface area contributed by atoms with Crippen LogP contribution >= 0.6 is 0 Å². The van der Waals surface area contributed by atoms with E-state index >= 15 is 0 Å². The Morgan fingerprint density at radius 3 is 2.63 bits per heavy atom. The van der Waals surface area contributed by atoms with Crippen molar-refractivity contribution in [3.05, 3.63) is 0 Å². The third-order valence-corrected chi connectivity index (χ3v) is 5.05. The SMILES string of the molecule is O=C(O)[C@@H]1CCCCN1C(=O)[C@@H]1CC12CCOCC2. The van der Waals surface area contributed by atoms with Gasteiger partial charge in [-0.2, -0.15) is 0 Å². The number of piperidine rings is 1. The van der Waals surface area contributed by atoms with E-state index in [4.69, 9.17) is 4.74 Å². The maximum absolute atomic E-state index is 12.6. The van der Waals surface area contributed by atoms with Crippen LogP contribution in [-0.2, 0) is 14.3 Å². The monoisotopic (exact) mass is 267 g/mol. The second-order valence-corrected chi connectivity index (χ2v) is 6.11. The average Bonchev–Trinajstić information content (AvgIpc) is 3.12. The summed E-state index contributed by atoms with van der Waals surface area (Å²) in [4.78, 5) is 25.5. The molecule has 3 aliphatic rings. The first-order valence-electron chi connectivity index (χ1n) is 7.25. The molecular formula is C14H21NO4. The molecule has 2 aliphatic heterocycles. The number of carbonyl (C=O) groups is 2. The summed E-state index contributed by atoms with van der Waals surface area (Å²) in [5.41, 5.74) is 0.135. The number of hydrogen-bond donors (Lipinski definition) is 1. The van der Waals surface area contributed by atoms with Crippen molar-refractivity contribution in [2.75, 3.05) is 19.8 Å². The number of nitrogens with zero attached hydrogens (tertiary/aromatic N) is 1. The topological polar surface area (TPSA) is 66.8 Å². The molecule has 5 heteroatoms. The molecule has 2 atom stereocenters. The lowest BCUT2D eigenvalue weighted by Crippen LogP contribution is -2.49. The van der Waals surface area contributed by atoms with Crippen molar-refractivity contribution in [2.24, 2.45) is 11.3 Å². The molecule has 1 aliphatic carbocycles. The number of likely N-dealkylation sites (tertiary alicyclic amines) is 1. The van der Waals surface area contributed by atoms with Gasteiger partial charge in [0.15, 0.2) is 0 Å². The van der Waals surface area contributed by atoms with Crippen molar-refractivity contribution < 1.29 is 19.4 Å². The molecule has 0 aromatic heterocycles. The van der Waals surface area contributed by atoms with E-state index in [1.807, 2.05) is 0 Å². The number of rotatable bonds is 2. The third-order valence-electron chi connectivity index (χ3n) is 5.05. The van der Waals surface area contributed by atoms with Gasteiger partial charge in [0.25, 0.3) is 0 Å². The molecule has 0 aromatic carbocycles. The predicted molar refractivity (Wildman–Crippen MR) is 67.6 cm³/mol. The minimum Gasteiger partial charge on any atom is -0.480 e. The highest BCUT2D eigenvalue weighted by Crippen LogP contribution is 2.60. The van der Waals surface area contributed by atoms with E-state index in [9.17, 15) is 14.7 Å². The zero-order valence-electron chi connectivity index (χ0n) is 11.1. The Bertz CT molecular complexity index is 389. The summed E-state index contributed by atoms with van der Waals surface area (Å²) in [5.74, 6) is -0.722. The van der Waals surface area contributed by atoms with Crippen LogP contribution in [0, 0.1) is 11.3 Å². The van der Waals surface area contributed by atoms with Gasteiger partial charge >= 0.3 is 5.97 Å². The third kappa shape index (κ3) is 2.24. The molecule has 3 fully saturated rings. The van der Waals surface area contributed by atoms with E-state index in [-0.39, 0.29) is 17.2 Å². The zero-order chi connectivity index (χ0) is 13.5. The number of hydrogen-bond acceptors (Lipinski definition) is 3. The first-order valence-corrected chi connectivity index (χ1v) is 7.25. The normalized spacial score (nSPS) is 33.2. The van der Waals surface area contributed by atoms with Gasteiger partial charge in [-0.3, -0.25) is 4.79 Å². The molecule has 2 saturated heterocycles. The van der Waals surface area contributed by atoms with Crippen LogP contribution in [0.2, 0.25) is 0 Å². The van der Waals surface area contributed by atoms with E-state index in [0.717, 1.165) is 45.3 Å². The highest BCUT2D eigenvalue weighted by Gasteiger charge is 2.59. The fourth-order valence-electron chi connectivity index (χ4n) is 3.68. The Kier molecular flexibility index (Phi) is 3.25. The second-order valence-electron chi connectivity index (χ2n) is 6.11. The van der Waals surface area contributed by atoms with E-state index in [1.165, 1.54) is 0 Å². The average molecular weight is 267 g/mol. The van der Waals surface area contributed by atoms with Gasteiger partial charge < -0.3 is 14.7 Å². The number of carbonyl (C=O) groups excluding carboxylic acids is 1. The van der Waals surface area contributed by atoms with Gasteiger partial charge in [0.05, 0.1) is 0 Å². The number of carboxylic acids is 1. The molecule has 3 rings (SSSR count). The number of carboxylic acid groups (broad SMARTS) is 1. The first kappa shape index (κ1) is 12.9. The van der Waals surface area contributed by atoms with Crippen molar-refractivity contribution in [3.63, 3.8) is 0 Å². The number of ether oxygens (including phenoxy) is 1. The summed E-state index contributed by atoms with van der Waals surface area (Å²) < 4.78 is 5.36.